The SMILES string of the molecule is CC(C)CN(C(=O)c1cccc(F)n1)C(C)C. The molecule has 17 heavy (non-hydrogen) atoms. The predicted molar refractivity (Wildman–Crippen MR) is 65.2 cm³/mol. The zero-order chi connectivity index (χ0) is 13.0. The molecule has 0 N–H and O–H groups in total. The van der Waals surface area contributed by atoms with Gasteiger partial charge in [0.1, 0.15) is 5.69 Å². The molecule has 1 rings (SSSR count). The minimum Gasteiger partial charge on any atom is -0.335 e. The van der Waals surface area contributed by atoms with Crippen molar-refractivity contribution in [2.75, 3.05) is 6.54 Å². The summed E-state index contributed by atoms with van der Waals surface area (Å²) in [7, 11) is 0. The van der Waals surface area contributed by atoms with E-state index in [9.17, 15) is 9.18 Å². The normalized spacial score (nSPS) is 11.0. The van der Waals surface area contributed by atoms with Gasteiger partial charge in [0.15, 0.2) is 0 Å². The molecule has 0 fully saturated rings. The number of carbonyl (C=O) groups excluding carboxylic acids is 1. The average molecular weight is 238 g/mol. The molecule has 4 heteroatoms. The number of nitrogens with zero attached hydrogens (tertiary/aromatic N) is 2. The molecule has 3 nitrogen and oxygen atoms in total. The highest BCUT2D eigenvalue weighted by molar-refractivity contribution is 5.92. The maximum Gasteiger partial charge on any atom is 0.272 e. The van der Waals surface area contributed by atoms with E-state index in [-0.39, 0.29) is 17.6 Å². The Bertz CT molecular complexity index is 391. The summed E-state index contributed by atoms with van der Waals surface area (Å²) < 4.78 is 13.0. The van der Waals surface area contributed by atoms with Gasteiger partial charge < -0.3 is 4.90 Å². The second-order valence-electron chi connectivity index (χ2n) is 4.79. The fraction of sp³-hybridized carbons (Fsp3) is 0.538. The molecule has 1 aromatic rings. The van der Waals surface area contributed by atoms with Crippen molar-refractivity contribution in [1.82, 2.24) is 9.88 Å². The molecule has 0 aromatic carbocycles. The first-order chi connectivity index (χ1) is 7.91. The molecule has 1 heterocycles. The molecule has 0 saturated carbocycles. The van der Waals surface area contributed by atoms with Crippen LogP contribution in [0.4, 0.5) is 4.39 Å². The molecule has 0 saturated heterocycles. The molecule has 0 aliphatic heterocycles. The van der Waals surface area contributed by atoms with Crippen molar-refractivity contribution < 1.29 is 9.18 Å². The summed E-state index contributed by atoms with van der Waals surface area (Å²) in [5.74, 6) is -0.466. The Morgan fingerprint density at radius 1 is 1.35 bits per heavy atom. The Morgan fingerprint density at radius 2 is 2.00 bits per heavy atom. The molecule has 0 radical (unpaired) electrons. The fourth-order valence-electron chi connectivity index (χ4n) is 1.60. The van der Waals surface area contributed by atoms with Crippen LogP contribution in [-0.2, 0) is 0 Å². The van der Waals surface area contributed by atoms with E-state index < -0.39 is 5.95 Å². The van der Waals surface area contributed by atoms with Crippen molar-refractivity contribution in [3.8, 4) is 0 Å². The molecule has 0 spiro atoms. The fourth-order valence-corrected chi connectivity index (χ4v) is 1.60. The Morgan fingerprint density at radius 3 is 2.47 bits per heavy atom. The van der Waals surface area contributed by atoms with Crippen molar-refractivity contribution in [2.24, 2.45) is 5.92 Å². The molecule has 0 atom stereocenters. The predicted octanol–water partition coefficient (Wildman–Crippen LogP) is 2.73. The Hall–Kier alpha value is -1.45. The number of pyridine rings is 1. The van der Waals surface area contributed by atoms with E-state index in [0.29, 0.717) is 12.5 Å². The number of hydrogen-bond acceptors (Lipinski definition) is 2. The van der Waals surface area contributed by atoms with Crippen LogP contribution in [0.5, 0.6) is 0 Å². The largest absolute Gasteiger partial charge is 0.335 e. The minimum atomic E-state index is -0.621. The van der Waals surface area contributed by atoms with E-state index in [4.69, 9.17) is 0 Å². The van der Waals surface area contributed by atoms with E-state index in [1.54, 1.807) is 11.0 Å². The van der Waals surface area contributed by atoms with Crippen LogP contribution in [0.25, 0.3) is 0 Å². The number of hydrogen-bond donors (Lipinski definition) is 0. The Balaban J connectivity index is 2.92. The van der Waals surface area contributed by atoms with Crippen LogP contribution in [0.1, 0.15) is 38.2 Å². The summed E-state index contributed by atoms with van der Waals surface area (Å²) >= 11 is 0. The zero-order valence-electron chi connectivity index (χ0n) is 10.8. The van der Waals surface area contributed by atoms with Gasteiger partial charge in [-0.05, 0) is 31.9 Å². The number of halogens is 1. The summed E-state index contributed by atoms with van der Waals surface area (Å²) in [5, 5.41) is 0. The third-order valence-corrected chi connectivity index (χ3v) is 2.38. The quantitative estimate of drug-likeness (QED) is 0.756. The highest BCUT2D eigenvalue weighted by Gasteiger charge is 2.20. The van der Waals surface area contributed by atoms with Crippen LogP contribution in [0, 0.1) is 11.9 Å². The van der Waals surface area contributed by atoms with Gasteiger partial charge in [-0.25, -0.2) is 4.98 Å². The Labute approximate surface area is 102 Å². The van der Waals surface area contributed by atoms with Crippen LogP contribution >= 0.6 is 0 Å². The zero-order valence-corrected chi connectivity index (χ0v) is 10.8. The van der Waals surface area contributed by atoms with E-state index >= 15 is 0 Å². The Kier molecular flexibility index (Phi) is 4.61. The highest BCUT2D eigenvalue weighted by Crippen LogP contribution is 2.10. The van der Waals surface area contributed by atoms with Crippen molar-refractivity contribution >= 4 is 5.91 Å². The van der Waals surface area contributed by atoms with Gasteiger partial charge in [0.25, 0.3) is 5.91 Å². The lowest BCUT2D eigenvalue weighted by Gasteiger charge is -2.28. The van der Waals surface area contributed by atoms with Crippen LogP contribution < -0.4 is 0 Å². The summed E-state index contributed by atoms with van der Waals surface area (Å²) in [6.07, 6.45) is 0. The monoisotopic (exact) mass is 238 g/mol. The van der Waals surface area contributed by atoms with Gasteiger partial charge in [-0.15, -0.1) is 0 Å². The lowest BCUT2D eigenvalue weighted by Crippen LogP contribution is -2.40. The first-order valence-electron chi connectivity index (χ1n) is 5.85. The molecule has 0 aliphatic carbocycles. The van der Waals surface area contributed by atoms with Crippen LogP contribution in [0.3, 0.4) is 0 Å². The van der Waals surface area contributed by atoms with Gasteiger partial charge in [-0.1, -0.05) is 19.9 Å². The maximum atomic E-state index is 13.0. The van der Waals surface area contributed by atoms with Gasteiger partial charge in [-0.2, -0.15) is 4.39 Å². The molecule has 0 unspecified atom stereocenters. The summed E-state index contributed by atoms with van der Waals surface area (Å²) in [4.78, 5) is 17.5. The van der Waals surface area contributed by atoms with Gasteiger partial charge >= 0.3 is 0 Å². The molecular weight excluding hydrogens is 219 g/mol. The second-order valence-corrected chi connectivity index (χ2v) is 4.79. The average Bonchev–Trinajstić information content (AvgIpc) is 2.24. The maximum absolute atomic E-state index is 13.0. The van der Waals surface area contributed by atoms with Gasteiger partial charge in [0, 0.05) is 12.6 Å². The van der Waals surface area contributed by atoms with Crippen molar-refractivity contribution in [3.05, 3.63) is 29.8 Å². The lowest BCUT2D eigenvalue weighted by molar-refractivity contribution is 0.0674. The number of aromatic nitrogens is 1. The summed E-state index contributed by atoms with van der Waals surface area (Å²) in [6.45, 7) is 8.62. The van der Waals surface area contributed by atoms with Crippen molar-refractivity contribution in [3.63, 3.8) is 0 Å². The molecule has 0 aliphatic rings. The van der Waals surface area contributed by atoms with Gasteiger partial charge in [0.2, 0.25) is 5.95 Å². The highest BCUT2D eigenvalue weighted by atomic mass is 19.1. The third kappa shape index (κ3) is 3.80. The van der Waals surface area contributed by atoms with Gasteiger partial charge in [-0.3, -0.25) is 4.79 Å². The van der Waals surface area contributed by atoms with Crippen molar-refractivity contribution in [2.45, 2.75) is 33.7 Å². The van der Waals surface area contributed by atoms with E-state index in [2.05, 4.69) is 4.98 Å². The van der Waals surface area contributed by atoms with Crippen molar-refractivity contribution in [1.29, 1.82) is 0 Å². The lowest BCUT2D eigenvalue weighted by atomic mass is 10.1. The molecule has 1 amide bonds. The third-order valence-electron chi connectivity index (χ3n) is 2.38. The van der Waals surface area contributed by atoms with Crippen LogP contribution in [-0.4, -0.2) is 28.4 Å². The number of amides is 1. The smallest absolute Gasteiger partial charge is 0.272 e. The van der Waals surface area contributed by atoms with E-state index in [0.717, 1.165) is 0 Å². The summed E-state index contributed by atoms with van der Waals surface area (Å²) in [6, 6.07) is 4.36. The van der Waals surface area contributed by atoms with E-state index in [1.165, 1.54) is 12.1 Å². The molecule has 0 bridgehead atoms. The summed E-state index contributed by atoms with van der Waals surface area (Å²) in [5.41, 5.74) is 0.166. The molecule has 94 valence electrons. The number of rotatable bonds is 4. The number of carbonyl (C=O) groups is 1. The first-order valence-corrected chi connectivity index (χ1v) is 5.85. The van der Waals surface area contributed by atoms with Crippen LogP contribution in [0.15, 0.2) is 18.2 Å². The molecule has 1 aromatic heterocycles. The second kappa shape index (κ2) is 5.75. The van der Waals surface area contributed by atoms with E-state index in [1.807, 2.05) is 27.7 Å². The topological polar surface area (TPSA) is 33.2 Å². The minimum absolute atomic E-state index is 0.0787. The van der Waals surface area contributed by atoms with Gasteiger partial charge in [0.05, 0.1) is 0 Å². The standard InChI is InChI=1S/C13H19FN2O/c1-9(2)8-16(10(3)4)13(17)11-6-5-7-12(14)15-11/h5-7,9-10H,8H2,1-4H3. The molecular formula is C13H19FN2O. The first kappa shape index (κ1) is 13.6. The van der Waals surface area contributed by atoms with Crippen LogP contribution in [0.2, 0.25) is 0 Å².